The lowest BCUT2D eigenvalue weighted by molar-refractivity contribution is 0.179. The van der Waals surface area contributed by atoms with Crippen LogP contribution < -0.4 is 10.6 Å². The summed E-state index contributed by atoms with van der Waals surface area (Å²) in [4.78, 5) is 8.74. The first-order valence-corrected chi connectivity index (χ1v) is 7.51. The van der Waals surface area contributed by atoms with Crippen molar-refractivity contribution in [3.8, 4) is 0 Å². The van der Waals surface area contributed by atoms with Crippen LogP contribution in [0.4, 0.5) is 0 Å². The minimum absolute atomic E-state index is 0. The van der Waals surface area contributed by atoms with Crippen molar-refractivity contribution in [3.05, 3.63) is 34.7 Å². The van der Waals surface area contributed by atoms with Gasteiger partial charge < -0.3 is 19.8 Å². The standard InChI is InChI=1S/C14H20BrN5O.HI/c1-10(9-21-3)18-14(16-2)17-6-12-8-20-7-11(15)4-5-13(20)19-12;/h4-5,7-8,10H,6,9H2,1-3H3,(H2,16,17,18);1H. The molecule has 0 aromatic carbocycles. The molecule has 0 spiro atoms. The maximum absolute atomic E-state index is 5.10. The maximum atomic E-state index is 5.10. The number of ether oxygens (including phenoxy) is 1. The van der Waals surface area contributed by atoms with Gasteiger partial charge in [-0.2, -0.15) is 0 Å². The number of nitrogens with one attached hydrogen (secondary N) is 2. The van der Waals surface area contributed by atoms with Crippen molar-refractivity contribution in [1.29, 1.82) is 0 Å². The van der Waals surface area contributed by atoms with Crippen LogP contribution in [-0.2, 0) is 11.3 Å². The highest BCUT2D eigenvalue weighted by Gasteiger charge is 2.06. The number of rotatable bonds is 5. The fourth-order valence-electron chi connectivity index (χ4n) is 2.00. The van der Waals surface area contributed by atoms with Crippen molar-refractivity contribution in [2.45, 2.75) is 19.5 Å². The monoisotopic (exact) mass is 481 g/mol. The van der Waals surface area contributed by atoms with Gasteiger partial charge in [0.2, 0.25) is 0 Å². The predicted octanol–water partition coefficient (Wildman–Crippen LogP) is 2.41. The van der Waals surface area contributed by atoms with Crippen LogP contribution in [0.3, 0.4) is 0 Å². The van der Waals surface area contributed by atoms with Crippen LogP contribution >= 0.6 is 39.9 Å². The van der Waals surface area contributed by atoms with E-state index in [2.05, 4.69) is 36.5 Å². The number of hydrogen-bond acceptors (Lipinski definition) is 3. The lowest BCUT2D eigenvalue weighted by atomic mass is 10.4. The first kappa shape index (κ1) is 19.2. The van der Waals surface area contributed by atoms with E-state index < -0.39 is 0 Å². The molecule has 0 bridgehead atoms. The molecule has 1 unspecified atom stereocenters. The van der Waals surface area contributed by atoms with Gasteiger partial charge in [0, 0.05) is 37.1 Å². The molecule has 0 saturated heterocycles. The molecule has 0 aliphatic carbocycles. The highest BCUT2D eigenvalue weighted by molar-refractivity contribution is 14.0. The predicted molar refractivity (Wildman–Crippen MR) is 103 cm³/mol. The SMILES string of the molecule is CN=C(NCc1cn2cc(Br)ccc2n1)NC(C)COC.I. The van der Waals surface area contributed by atoms with Gasteiger partial charge >= 0.3 is 0 Å². The van der Waals surface area contributed by atoms with E-state index in [-0.39, 0.29) is 30.0 Å². The Bertz CT molecular complexity index is 631. The van der Waals surface area contributed by atoms with E-state index in [4.69, 9.17) is 4.74 Å². The van der Waals surface area contributed by atoms with Crippen LogP contribution in [0.5, 0.6) is 0 Å². The summed E-state index contributed by atoms with van der Waals surface area (Å²) in [5.41, 5.74) is 1.88. The molecule has 6 nitrogen and oxygen atoms in total. The van der Waals surface area contributed by atoms with Crippen LogP contribution in [0.2, 0.25) is 0 Å². The second-order valence-electron chi connectivity index (χ2n) is 4.77. The first-order chi connectivity index (χ1) is 10.1. The fourth-order valence-corrected chi connectivity index (χ4v) is 2.35. The molecular formula is C14H21BrIN5O. The van der Waals surface area contributed by atoms with E-state index in [1.807, 2.05) is 35.9 Å². The topological polar surface area (TPSA) is 63.0 Å². The molecule has 0 fully saturated rings. The van der Waals surface area contributed by atoms with Gasteiger partial charge in [-0.3, -0.25) is 4.99 Å². The Labute approximate surface area is 155 Å². The van der Waals surface area contributed by atoms with Gasteiger partial charge in [-0.15, -0.1) is 24.0 Å². The van der Waals surface area contributed by atoms with E-state index in [0.29, 0.717) is 13.2 Å². The summed E-state index contributed by atoms with van der Waals surface area (Å²) in [6.07, 6.45) is 3.98. The second kappa shape index (κ2) is 9.31. The summed E-state index contributed by atoms with van der Waals surface area (Å²) >= 11 is 3.45. The average molecular weight is 482 g/mol. The van der Waals surface area contributed by atoms with Crippen molar-refractivity contribution < 1.29 is 4.74 Å². The molecule has 22 heavy (non-hydrogen) atoms. The lowest BCUT2D eigenvalue weighted by Crippen LogP contribution is -2.43. The summed E-state index contributed by atoms with van der Waals surface area (Å²) in [6.45, 7) is 3.28. The number of methoxy groups -OCH3 is 1. The molecule has 0 aliphatic heterocycles. The minimum Gasteiger partial charge on any atom is -0.383 e. The summed E-state index contributed by atoms with van der Waals surface area (Å²) in [5.74, 6) is 0.734. The number of pyridine rings is 1. The molecule has 8 heteroatoms. The van der Waals surface area contributed by atoms with Gasteiger partial charge in [-0.05, 0) is 35.0 Å². The van der Waals surface area contributed by atoms with Gasteiger partial charge in [-0.1, -0.05) is 0 Å². The molecule has 122 valence electrons. The Morgan fingerprint density at radius 2 is 2.23 bits per heavy atom. The number of guanidine groups is 1. The van der Waals surface area contributed by atoms with Crippen molar-refractivity contribution in [3.63, 3.8) is 0 Å². The Balaban J connectivity index is 0.00000242. The number of hydrogen-bond donors (Lipinski definition) is 2. The molecule has 0 amide bonds. The van der Waals surface area contributed by atoms with Crippen LogP contribution in [0.25, 0.3) is 5.65 Å². The Morgan fingerprint density at radius 3 is 2.91 bits per heavy atom. The summed E-state index contributed by atoms with van der Waals surface area (Å²) in [7, 11) is 3.43. The molecule has 0 saturated carbocycles. The van der Waals surface area contributed by atoms with Crippen molar-refractivity contribution in [2.75, 3.05) is 20.8 Å². The zero-order valence-electron chi connectivity index (χ0n) is 12.8. The van der Waals surface area contributed by atoms with Crippen LogP contribution in [0.15, 0.2) is 34.0 Å². The Morgan fingerprint density at radius 1 is 1.45 bits per heavy atom. The van der Waals surface area contributed by atoms with Crippen molar-refractivity contribution in [1.82, 2.24) is 20.0 Å². The largest absolute Gasteiger partial charge is 0.383 e. The highest BCUT2D eigenvalue weighted by Crippen LogP contribution is 2.12. The zero-order chi connectivity index (χ0) is 15.2. The smallest absolute Gasteiger partial charge is 0.191 e. The van der Waals surface area contributed by atoms with Crippen LogP contribution in [0.1, 0.15) is 12.6 Å². The molecular weight excluding hydrogens is 461 g/mol. The summed E-state index contributed by atoms with van der Waals surface area (Å²) < 4.78 is 8.11. The van der Waals surface area contributed by atoms with E-state index in [9.17, 15) is 0 Å². The first-order valence-electron chi connectivity index (χ1n) is 6.71. The number of nitrogens with zero attached hydrogens (tertiary/aromatic N) is 3. The highest BCUT2D eigenvalue weighted by atomic mass is 127. The van der Waals surface area contributed by atoms with Gasteiger partial charge in [0.05, 0.1) is 18.8 Å². The molecule has 2 aromatic heterocycles. The number of fused-ring (bicyclic) bond motifs is 1. The molecule has 2 aromatic rings. The molecule has 2 N–H and O–H groups in total. The third-order valence-corrected chi connectivity index (χ3v) is 3.39. The van der Waals surface area contributed by atoms with Gasteiger partial charge in [0.15, 0.2) is 5.96 Å². The van der Waals surface area contributed by atoms with Crippen LogP contribution in [-0.4, -0.2) is 42.2 Å². The Hall–Kier alpha value is -0.870. The van der Waals surface area contributed by atoms with E-state index in [1.54, 1.807) is 14.2 Å². The molecule has 1 atom stereocenters. The Kier molecular flexibility index (Phi) is 8.12. The van der Waals surface area contributed by atoms with Gasteiger partial charge in [0.1, 0.15) is 5.65 Å². The third-order valence-electron chi connectivity index (χ3n) is 2.93. The number of imidazole rings is 1. The average Bonchev–Trinajstić information content (AvgIpc) is 2.85. The molecule has 0 aliphatic rings. The maximum Gasteiger partial charge on any atom is 0.191 e. The van der Waals surface area contributed by atoms with Crippen molar-refractivity contribution in [2.24, 2.45) is 4.99 Å². The zero-order valence-corrected chi connectivity index (χ0v) is 16.8. The van der Waals surface area contributed by atoms with Crippen molar-refractivity contribution >= 4 is 51.5 Å². The second-order valence-corrected chi connectivity index (χ2v) is 5.69. The number of aromatic nitrogens is 2. The normalized spacial score (nSPS) is 12.8. The van der Waals surface area contributed by atoms with E-state index in [1.165, 1.54) is 0 Å². The number of aliphatic imine (C=N–C) groups is 1. The lowest BCUT2D eigenvalue weighted by Gasteiger charge is -2.16. The molecule has 2 rings (SSSR count). The van der Waals surface area contributed by atoms with Gasteiger partial charge in [0.25, 0.3) is 0 Å². The van der Waals surface area contributed by atoms with E-state index in [0.717, 1.165) is 21.8 Å². The fraction of sp³-hybridized carbons (Fsp3) is 0.429. The number of halogens is 2. The summed E-state index contributed by atoms with van der Waals surface area (Å²) in [6, 6.07) is 4.14. The third kappa shape index (κ3) is 5.40. The van der Waals surface area contributed by atoms with Gasteiger partial charge in [-0.25, -0.2) is 4.98 Å². The molecule has 2 heterocycles. The molecule has 0 radical (unpaired) electrons. The minimum atomic E-state index is 0. The quantitative estimate of drug-likeness (QED) is 0.391. The van der Waals surface area contributed by atoms with E-state index >= 15 is 0 Å². The van der Waals surface area contributed by atoms with Crippen LogP contribution in [0, 0.1) is 0 Å². The summed E-state index contributed by atoms with van der Waals surface area (Å²) in [5, 5.41) is 6.50.